The number of hydrogen-bond acceptors (Lipinski definition) is 4. The summed E-state index contributed by atoms with van der Waals surface area (Å²) in [5, 5.41) is 4.47. The first-order valence-corrected chi connectivity index (χ1v) is 7.31. The lowest BCUT2D eigenvalue weighted by molar-refractivity contribution is -0.144. The molecule has 25 heavy (non-hydrogen) atoms. The van der Waals surface area contributed by atoms with Crippen molar-refractivity contribution in [1.82, 2.24) is 14.3 Å². The van der Waals surface area contributed by atoms with E-state index in [1.54, 1.807) is 26.8 Å². The van der Waals surface area contributed by atoms with Gasteiger partial charge in [0.15, 0.2) is 5.58 Å². The highest BCUT2D eigenvalue weighted by molar-refractivity contribution is 5.87. The van der Waals surface area contributed by atoms with Crippen molar-refractivity contribution in [2.24, 2.45) is 7.05 Å². The van der Waals surface area contributed by atoms with Crippen LogP contribution in [0.25, 0.3) is 16.7 Å². The smallest absolute Gasteiger partial charge is 0.356 e. The molecule has 9 heteroatoms. The van der Waals surface area contributed by atoms with Crippen LogP contribution in [0.1, 0.15) is 22.5 Å². The van der Waals surface area contributed by atoms with Gasteiger partial charge in [0.05, 0.1) is 11.4 Å². The molecule has 3 rings (SSSR count). The van der Waals surface area contributed by atoms with E-state index >= 15 is 0 Å². The number of aromatic nitrogens is 3. The highest BCUT2D eigenvalue weighted by Crippen LogP contribution is 2.30. The quantitative estimate of drug-likeness (QED) is 0.674. The fourth-order valence-electron chi connectivity index (χ4n) is 3.07. The molecule has 0 aliphatic rings. The molecule has 0 atom stereocenters. The summed E-state index contributed by atoms with van der Waals surface area (Å²) in [5.74, 6) is 0. The summed E-state index contributed by atoms with van der Waals surface area (Å²) < 4.78 is 45.3. The highest BCUT2D eigenvalue weighted by Gasteiger charge is 2.35. The van der Waals surface area contributed by atoms with Gasteiger partial charge in [0, 0.05) is 18.5 Å². The number of rotatable bonds is 1. The minimum absolute atomic E-state index is 0.234. The van der Waals surface area contributed by atoms with Gasteiger partial charge in [-0.25, -0.2) is 9.36 Å². The molecule has 6 nitrogen and oxygen atoms in total. The first-order valence-electron chi connectivity index (χ1n) is 7.31. The van der Waals surface area contributed by atoms with Crippen molar-refractivity contribution in [3.63, 3.8) is 0 Å². The van der Waals surface area contributed by atoms with E-state index in [1.165, 1.54) is 0 Å². The zero-order chi connectivity index (χ0) is 18.7. The van der Waals surface area contributed by atoms with Crippen molar-refractivity contribution in [2.75, 3.05) is 0 Å². The molecule has 0 saturated heterocycles. The largest absolute Gasteiger partial charge is 0.431 e. The van der Waals surface area contributed by atoms with Gasteiger partial charge in [0.25, 0.3) is 5.56 Å². The van der Waals surface area contributed by atoms with E-state index in [1.807, 2.05) is 0 Å². The molecule has 0 bridgehead atoms. The maximum absolute atomic E-state index is 13.0. The average Bonchev–Trinajstić information content (AvgIpc) is 2.86. The van der Waals surface area contributed by atoms with E-state index in [4.69, 9.17) is 4.52 Å². The number of halogens is 3. The van der Waals surface area contributed by atoms with E-state index in [0.717, 1.165) is 11.6 Å². The topological polar surface area (TPSA) is 70.0 Å². The molecule has 0 fully saturated rings. The van der Waals surface area contributed by atoms with Gasteiger partial charge >= 0.3 is 11.9 Å². The molecule has 0 radical (unpaired) electrons. The molecule has 2 aromatic heterocycles. The van der Waals surface area contributed by atoms with Crippen molar-refractivity contribution < 1.29 is 17.7 Å². The van der Waals surface area contributed by atoms with Crippen LogP contribution in [0, 0.1) is 20.8 Å². The Kier molecular flexibility index (Phi) is 3.63. The Bertz CT molecular complexity index is 1120. The van der Waals surface area contributed by atoms with Gasteiger partial charge in [-0.3, -0.25) is 9.36 Å². The Morgan fingerprint density at radius 2 is 1.76 bits per heavy atom. The summed E-state index contributed by atoms with van der Waals surface area (Å²) in [6.45, 7) is 5.01. The van der Waals surface area contributed by atoms with E-state index in [9.17, 15) is 22.8 Å². The molecule has 2 heterocycles. The zero-order valence-corrected chi connectivity index (χ0v) is 13.9. The summed E-state index contributed by atoms with van der Waals surface area (Å²) in [4.78, 5) is 24.8. The van der Waals surface area contributed by atoms with Crippen molar-refractivity contribution >= 4 is 11.0 Å². The summed E-state index contributed by atoms with van der Waals surface area (Å²) in [6.07, 6.45) is -4.80. The number of benzene rings is 1. The fraction of sp³-hybridized carbons (Fsp3) is 0.312. The molecule has 3 aromatic rings. The number of alkyl halides is 3. The van der Waals surface area contributed by atoms with Crippen LogP contribution in [-0.2, 0) is 13.2 Å². The third-order valence-electron chi connectivity index (χ3n) is 4.17. The zero-order valence-electron chi connectivity index (χ0n) is 13.9. The summed E-state index contributed by atoms with van der Waals surface area (Å²) >= 11 is 0. The highest BCUT2D eigenvalue weighted by atomic mass is 19.4. The number of aryl methyl sites for hydroxylation is 3. The monoisotopic (exact) mass is 353 g/mol. The van der Waals surface area contributed by atoms with Gasteiger partial charge in [0.1, 0.15) is 5.69 Å². The van der Waals surface area contributed by atoms with Crippen LogP contribution in [-0.4, -0.2) is 14.3 Å². The Hall–Kier alpha value is -2.84. The minimum Gasteiger partial charge on any atom is -0.356 e. The lowest BCUT2D eigenvalue weighted by Gasteiger charge is -2.16. The van der Waals surface area contributed by atoms with Crippen molar-refractivity contribution in [3.05, 3.63) is 55.5 Å². The van der Waals surface area contributed by atoms with Crippen LogP contribution in [0.15, 0.2) is 26.2 Å². The van der Waals surface area contributed by atoms with Gasteiger partial charge in [-0.05, 0) is 38.0 Å². The van der Waals surface area contributed by atoms with Gasteiger partial charge in [-0.2, -0.15) is 13.2 Å². The van der Waals surface area contributed by atoms with Crippen LogP contribution in [0.3, 0.4) is 0 Å². The molecule has 0 unspecified atom stereocenters. The maximum atomic E-state index is 13.0. The van der Waals surface area contributed by atoms with E-state index in [2.05, 4.69) is 5.16 Å². The SMILES string of the molecule is Cc1cc2onc(C)c2c(C)c1-n1c(=O)cc(C(F)(F)F)n(C)c1=O. The molecule has 0 N–H and O–H groups in total. The van der Waals surface area contributed by atoms with Crippen LogP contribution in [0.4, 0.5) is 13.2 Å². The fourth-order valence-corrected chi connectivity index (χ4v) is 3.07. The van der Waals surface area contributed by atoms with Crippen molar-refractivity contribution in [2.45, 2.75) is 26.9 Å². The molecule has 0 aliphatic heterocycles. The van der Waals surface area contributed by atoms with Gasteiger partial charge in [-0.15, -0.1) is 0 Å². The second kappa shape index (κ2) is 5.33. The molecule has 0 aliphatic carbocycles. The third kappa shape index (κ3) is 2.46. The number of nitrogens with zero attached hydrogens (tertiary/aromatic N) is 3. The van der Waals surface area contributed by atoms with Gasteiger partial charge in [0.2, 0.25) is 0 Å². The lowest BCUT2D eigenvalue weighted by Crippen LogP contribution is -2.41. The van der Waals surface area contributed by atoms with Crippen molar-refractivity contribution in [3.8, 4) is 5.69 Å². The van der Waals surface area contributed by atoms with Crippen molar-refractivity contribution in [1.29, 1.82) is 0 Å². The molecule has 132 valence electrons. The van der Waals surface area contributed by atoms with Crippen LogP contribution in [0.2, 0.25) is 0 Å². The predicted octanol–water partition coefficient (Wildman–Crippen LogP) is 2.62. The molecule has 0 amide bonds. The molecule has 1 aromatic carbocycles. The summed E-state index contributed by atoms with van der Waals surface area (Å²) in [5.41, 5.74) is -1.09. The maximum Gasteiger partial charge on any atom is 0.431 e. The number of hydrogen-bond donors (Lipinski definition) is 0. The van der Waals surface area contributed by atoms with E-state index in [0.29, 0.717) is 38.4 Å². The Morgan fingerprint density at radius 3 is 2.36 bits per heavy atom. The molecule has 0 saturated carbocycles. The van der Waals surface area contributed by atoms with E-state index in [-0.39, 0.29) is 5.69 Å². The first-order chi connectivity index (χ1) is 11.5. The van der Waals surface area contributed by atoms with Crippen LogP contribution >= 0.6 is 0 Å². The predicted molar refractivity (Wildman–Crippen MR) is 84.1 cm³/mol. The first kappa shape index (κ1) is 17.0. The summed E-state index contributed by atoms with van der Waals surface area (Å²) in [6, 6.07) is 2.02. The Balaban J connectivity index is 2.45. The standard InChI is InChI=1S/C16H14F3N3O3/c1-7-5-10-13(9(3)20-25-10)8(2)14(7)22-12(23)6-11(16(17,18)19)21(4)15(22)24/h5-6H,1-4H3. The van der Waals surface area contributed by atoms with E-state index < -0.39 is 23.1 Å². The van der Waals surface area contributed by atoms with Gasteiger partial charge in [-0.1, -0.05) is 5.16 Å². The lowest BCUT2D eigenvalue weighted by atomic mass is 10.0. The van der Waals surface area contributed by atoms with Crippen LogP contribution in [0.5, 0.6) is 0 Å². The van der Waals surface area contributed by atoms with Crippen LogP contribution < -0.4 is 11.2 Å². The Morgan fingerprint density at radius 1 is 1.12 bits per heavy atom. The minimum atomic E-state index is -4.80. The second-order valence-corrected chi connectivity index (χ2v) is 5.85. The molecular weight excluding hydrogens is 339 g/mol. The molecule has 0 spiro atoms. The average molecular weight is 353 g/mol. The third-order valence-corrected chi connectivity index (χ3v) is 4.17. The molecular formula is C16H14F3N3O3. The summed E-state index contributed by atoms with van der Waals surface area (Å²) in [7, 11) is 0.981. The van der Waals surface area contributed by atoms with Gasteiger partial charge < -0.3 is 4.52 Å². The second-order valence-electron chi connectivity index (χ2n) is 5.85. The normalized spacial score (nSPS) is 12.1. The number of fused-ring (bicyclic) bond motifs is 1. The Labute approximate surface area is 139 Å².